The Morgan fingerprint density at radius 2 is 0.833 bits per heavy atom. The zero-order chi connectivity index (χ0) is 28.4. The van der Waals surface area contributed by atoms with Crippen LogP contribution in [0.25, 0.3) is 66.1 Å². The molecule has 0 fully saturated rings. The summed E-state index contributed by atoms with van der Waals surface area (Å²) >= 11 is 6.14. The summed E-state index contributed by atoms with van der Waals surface area (Å²) in [7, 11) is 0. The van der Waals surface area contributed by atoms with E-state index in [1.165, 1.54) is 71.6 Å². The molecule has 0 bridgehead atoms. The fourth-order valence-corrected chi connectivity index (χ4v) is 7.21. The summed E-state index contributed by atoms with van der Waals surface area (Å²) < 4.78 is 0. The lowest BCUT2D eigenvalue weighted by atomic mass is 9.80. The zero-order valence-corrected chi connectivity index (χ0v) is 24.4. The molecule has 0 aliphatic heterocycles. The molecule has 1 heteroatoms. The largest absolute Gasteiger partial charge is 0.0843 e. The topological polar surface area (TPSA) is 0 Å². The summed E-state index contributed by atoms with van der Waals surface area (Å²) in [6, 6.07) is 50.8. The van der Waals surface area contributed by atoms with Crippen molar-refractivity contribution in [3.05, 3.63) is 156 Å². The predicted molar refractivity (Wildman–Crippen MR) is 180 cm³/mol. The Bertz CT molecular complexity index is 2090. The molecule has 200 valence electrons. The average molecular weight is 557 g/mol. The van der Waals surface area contributed by atoms with Crippen LogP contribution < -0.4 is 0 Å². The fourth-order valence-electron chi connectivity index (χ4n) is 7.08. The first-order valence-electron chi connectivity index (χ1n) is 14.6. The maximum atomic E-state index is 6.14. The van der Waals surface area contributed by atoms with E-state index >= 15 is 0 Å². The van der Waals surface area contributed by atoms with Gasteiger partial charge in [0.15, 0.2) is 0 Å². The minimum atomic E-state index is -0.0423. The summed E-state index contributed by atoms with van der Waals surface area (Å²) in [5.41, 5.74) is 12.9. The lowest BCUT2D eigenvalue weighted by Crippen LogP contribution is -2.14. The van der Waals surface area contributed by atoms with Crippen LogP contribution >= 0.6 is 11.6 Å². The van der Waals surface area contributed by atoms with E-state index in [2.05, 4.69) is 141 Å². The van der Waals surface area contributed by atoms with Crippen molar-refractivity contribution in [3.8, 4) is 44.5 Å². The van der Waals surface area contributed by atoms with Crippen LogP contribution in [0.3, 0.4) is 0 Å². The Morgan fingerprint density at radius 1 is 0.405 bits per heavy atom. The number of benzene rings is 7. The van der Waals surface area contributed by atoms with E-state index in [4.69, 9.17) is 11.6 Å². The highest BCUT2D eigenvalue weighted by Crippen LogP contribution is 2.51. The van der Waals surface area contributed by atoms with E-state index < -0.39 is 0 Å². The standard InChI is InChI=1S/C41H29Cl/c1-41(2)37-14-8-7-9-31(37)32-24-21-29(25-38(32)41)40-35-12-5-3-10-33(35)39(34-11-4-6-13-36(34)40)28-17-15-26(16-18-28)27-19-22-30(42)23-20-27/h3-25H,1-2H3. The summed E-state index contributed by atoms with van der Waals surface area (Å²) in [5, 5.41) is 5.86. The van der Waals surface area contributed by atoms with Gasteiger partial charge in [-0.25, -0.2) is 0 Å². The van der Waals surface area contributed by atoms with Gasteiger partial charge in [0.25, 0.3) is 0 Å². The maximum Gasteiger partial charge on any atom is 0.0406 e. The van der Waals surface area contributed by atoms with Crippen LogP contribution in [0.4, 0.5) is 0 Å². The smallest absolute Gasteiger partial charge is 0.0406 e. The number of halogens is 1. The first kappa shape index (κ1) is 25.1. The van der Waals surface area contributed by atoms with Gasteiger partial charge in [-0.3, -0.25) is 0 Å². The highest BCUT2D eigenvalue weighted by Gasteiger charge is 2.35. The van der Waals surface area contributed by atoms with Gasteiger partial charge in [-0.1, -0.05) is 147 Å². The van der Waals surface area contributed by atoms with E-state index in [0.717, 1.165) is 10.6 Å². The van der Waals surface area contributed by atoms with Gasteiger partial charge in [-0.05, 0) is 95.4 Å². The highest BCUT2D eigenvalue weighted by atomic mass is 35.5. The quantitative estimate of drug-likeness (QED) is 0.190. The Labute approximate surface area is 251 Å². The van der Waals surface area contributed by atoms with Gasteiger partial charge in [0.05, 0.1) is 0 Å². The molecule has 0 aromatic heterocycles. The van der Waals surface area contributed by atoms with Gasteiger partial charge in [0.2, 0.25) is 0 Å². The molecule has 0 atom stereocenters. The Hall–Kier alpha value is -4.65. The van der Waals surface area contributed by atoms with E-state index in [1.54, 1.807) is 0 Å². The van der Waals surface area contributed by atoms with Crippen LogP contribution in [0.1, 0.15) is 25.0 Å². The lowest BCUT2D eigenvalue weighted by molar-refractivity contribution is 0.660. The highest BCUT2D eigenvalue weighted by molar-refractivity contribution is 6.30. The predicted octanol–water partition coefficient (Wildman–Crippen LogP) is 12.0. The second-order valence-corrected chi connectivity index (χ2v) is 12.3. The van der Waals surface area contributed by atoms with Gasteiger partial charge in [0.1, 0.15) is 0 Å². The molecule has 0 N–H and O–H groups in total. The summed E-state index contributed by atoms with van der Waals surface area (Å²) in [6.07, 6.45) is 0. The number of fused-ring (bicyclic) bond motifs is 5. The molecule has 1 aliphatic rings. The third-order valence-electron chi connectivity index (χ3n) is 9.15. The Kier molecular flexibility index (Phi) is 5.64. The summed E-state index contributed by atoms with van der Waals surface area (Å²) in [4.78, 5) is 0. The second kappa shape index (κ2) is 9.44. The normalized spacial score (nSPS) is 13.3. The Morgan fingerprint density at radius 3 is 1.43 bits per heavy atom. The van der Waals surface area contributed by atoms with Crippen LogP contribution in [0.5, 0.6) is 0 Å². The van der Waals surface area contributed by atoms with E-state index in [-0.39, 0.29) is 5.41 Å². The van der Waals surface area contributed by atoms with E-state index in [9.17, 15) is 0 Å². The van der Waals surface area contributed by atoms with Gasteiger partial charge in [-0.15, -0.1) is 0 Å². The summed E-state index contributed by atoms with van der Waals surface area (Å²) in [6.45, 7) is 4.71. The van der Waals surface area contributed by atoms with Crippen LogP contribution in [0.15, 0.2) is 140 Å². The molecular formula is C41H29Cl. The molecule has 0 radical (unpaired) electrons. The minimum absolute atomic E-state index is 0.0423. The summed E-state index contributed by atoms with van der Waals surface area (Å²) in [5.74, 6) is 0. The van der Waals surface area contributed by atoms with Crippen molar-refractivity contribution in [2.24, 2.45) is 0 Å². The third-order valence-corrected chi connectivity index (χ3v) is 9.41. The molecule has 0 saturated heterocycles. The Balaban J connectivity index is 1.35. The van der Waals surface area contributed by atoms with Gasteiger partial charge in [-0.2, -0.15) is 0 Å². The van der Waals surface area contributed by atoms with Gasteiger partial charge >= 0.3 is 0 Å². The van der Waals surface area contributed by atoms with Crippen molar-refractivity contribution in [1.29, 1.82) is 0 Å². The van der Waals surface area contributed by atoms with Crippen LogP contribution in [0.2, 0.25) is 5.02 Å². The van der Waals surface area contributed by atoms with Crippen molar-refractivity contribution in [2.45, 2.75) is 19.3 Å². The molecule has 1 aliphatic carbocycles. The molecule has 7 aromatic rings. The van der Waals surface area contributed by atoms with Crippen molar-refractivity contribution < 1.29 is 0 Å². The lowest BCUT2D eigenvalue weighted by Gasteiger charge is -2.23. The second-order valence-electron chi connectivity index (χ2n) is 11.9. The number of rotatable bonds is 3. The van der Waals surface area contributed by atoms with E-state index in [1.807, 2.05) is 12.1 Å². The minimum Gasteiger partial charge on any atom is -0.0843 e. The molecular weight excluding hydrogens is 528 g/mol. The number of hydrogen-bond acceptors (Lipinski definition) is 0. The van der Waals surface area contributed by atoms with Crippen LogP contribution in [-0.2, 0) is 5.41 Å². The van der Waals surface area contributed by atoms with Crippen molar-refractivity contribution >= 4 is 33.1 Å². The van der Waals surface area contributed by atoms with E-state index in [0.29, 0.717) is 0 Å². The molecule has 0 heterocycles. The fraction of sp³-hybridized carbons (Fsp3) is 0.0732. The molecule has 0 unspecified atom stereocenters. The third kappa shape index (κ3) is 3.76. The van der Waals surface area contributed by atoms with Gasteiger partial charge in [0, 0.05) is 10.4 Å². The molecule has 0 saturated carbocycles. The first-order chi connectivity index (χ1) is 20.5. The molecule has 42 heavy (non-hydrogen) atoms. The maximum absolute atomic E-state index is 6.14. The average Bonchev–Trinajstić information content (AvgIpc) is 3.26. The van der Waals surface area contributed by atoms with Gasteiger partial charge < -0.3 is 0 Å². The van der Waals surface area contributed by atoms with Crippen molar-refractivity contribution in [3.63, 3.8) is 0 Å². The SMILES string of the molecule is CC1(C)c2ccccc2-c2ccc(-c3c4ccccc4c(-c4ccc(-c5ccc(Cl)cc5)cc4)c4ccccc34)cc21. The monoisotopic (exact) mass is 556 g/mol. The van der Waals surface area contributed by atoms with Crippen molar-refractivity contribution in [1.82, 2.24) is 0 Å². The molecule has 0 amide bonds. The molecule has 8 rings (SSSR count). The van der Waals surface area contributed by atoms with Crippen molar-refractivity contribution in [2.75, 3.05) is 0 Å². The number of hydrogen-bond donors (Lipinski definition) is 0. The molecule has 0 spiro atoms. The zero-order valence-electron chi connectivity index (χ0n) is 23.7. The van der Waals surface area contributed by atoms with Crippen LogP contribution in [0, 0.1) is 0 Å². The van der Waals surface area contributed by atoms with Crippen LogP contribution in [-0.4, -0.2) is 0 Å². The first-order valence-corrected chi connectivity index (χ1v) is 14.9. The molecule has 7 aromatic carbocycles. The molecule has 0 nitrogen and oxygen atoms in total.